The first-order chi connectivity index (χ1) is 8.99. The highest BCUT2D eigenvalue weighted by molar-refractivity contribution is 5.87. The van der Waals surface area contributed by atoms with Crippen molar-refractivity contribution in [2.75, 3.05) is 14.1 Å². The van der Waals surface area contributed by atoms with Crippen molar-refractivity contribution in [1.82, 2.24) is 9.80 Å². The Hall–Kier alpha value is -2.04. The van der Waals surface area contributed by atoms with Crippen molar-refractivity contribution in [3.05, 3.63) is 35.4 Å². The Kier molecular flexibility index (Phi) is 3.74. The fourth-order valence-corrected chi connectivity index (χ4v) is 1.98. The Morgan fingerprint density at radius 1 is 1.21 bits per heavy atom. The first kappa shape index (κ1) is 13.4. The lowest BCUT2D eigenvalue weighted by Crippen LogP contribution is -2.39. The van der Waals surface area contributed by atoms with Gasteiger partial charge >= 0.3 is 12.0 Å². The zero-order chi connectivity index (χ0) is 14.0. The molecule has 0 unspecified atom stereocenters. The van der Waals surface area contributed by atoms with E-state index < -0.39 is 5.97 Å². The highest BCUT2D eigenvalue weighted by atomic mass is 16.4. The summed E-state index contributed by atoms with van der Waals surface area (Å²) >= 11 is 0. The van der Waals surface area contributed by atoms with Crippen molar-refractivity contribution in [3.8, 4) is 0 Å². The van der Waals surface area contributed by atoms with E-state index in [0.717, 1.165) is 18.4 Å². The Labute approximate surface area is 112 Å². The van der Waals surface area contributed by atoms with Gasteiger partial charge in [0.15, 0.2) is 0 Å². The molecule has 2 rings (SSSR count). The second-order valence-corrected chi connectivity index (χ2v) is 4.98. The number of hydrogen-bond acceptors (Lipinski definition) is 2. The number of rotatable bonds is 4. The van der Waals surface area contributed by atoms with Gasteiger partial charge in [-0.15, -0.1) is 0 Å². The minimum absolute atomic E-state index is 0.00445. The maximum Gasteiger partial charge on any atom is 0.335 e. The van der Waals surface area contributed by atoms with Gasteiger partial charge in [-0.2, -0.15) is 0 Å². The van der Waals surface area contributed by atoms with Crippen molar-refractivity contribution in [2.45, 2.75) is 25.4 Å². The molecule has 1 fully saturated rings. The molecule has 1 aromatic carbocycles. The van der Waals surface area contributed by atoms with E-state index in [2.05, 4.69) is 0 Å². The first-order valence-electron chi connectivity index (χ1n) is 6.29. The molecule has 1 N–H and O–H groups in total. The van der Waals surface area contributed by atoms with Gasteiger partial charge in [-0.3, -0.25) is 0 Å². The normalized spacial score (nSPS) is 14.0. The molecular weight excluding hydrogens is 244 g/mol. The van der Waals surface area contributed by atoms with Crippen LogP contribution >= 0.6 is 0 Å². The summed E-state index contributed by atoms with van der Waals surface area (Å²) in [7, 11) is 3.58. The summed E-state index contributed by atoms with van der Waals surface area (Å²) in [6.45, 7) is 0.482. The first-order valence-corrected chi connectivity index (χ1v) is 6.29. The summed E-state index contributed by atoms with van der Waals surface area (Å²) in [6.07, 6.45) is 2.17. The summed E-state index contributed by atoms with van der Waals surface area (Å²) in [6, 6.07) is 6.99. The van der Waals surface area contributed by atoms with Crippen molar-refractivity contribution in [3.63, 3.8) is 0 Å². The lowest BCUT2D eigenvalue weighted by Gasteiger charge is -2.24. The summed E-state index contributed by atoms with van der Waals surface area (Å²) in [5.74, 6) is -0.940. The van der Waals surface area contributed by atoms with Crippen LogP contribution in [0.1, 0.15) is 28.8 Å². The van der Waals surface area contributed by atoms with E-state index in [1.807, 2.05) is 7.05 Å². The topological polar surface area (TPSA) is 60.9 Å². The number of carboxylic acids is 1. The van der Waals surface area contributed by atoms with Gasteiger partial charge in [-0.05, 0) is 30.5 Å². The van der Waals surface area contributed by atoms with Gasteiger partial charge in [0.2, 0.25) is 0 Å². The molecule has 0 atom stereocenters. The molecule has 0 bridgehead atoms. The predicted octanol–water partition coefficient (Wildman–Crippen LogP) is 2.03. The average Bonchev–Trinajstić information content (AvgIpc) is 3.21. The molecule has 0 saturated heterocycles. The number of carbonyl (C=O) groups is 2. The Morgan fingerprint density at radius 2 is 1.79 bits per heavy atom. The number of carboxylic acid groups (broad SMARTS) is 1. The van der Waals surface area contributed by atoms with E-state index in [-0.39, 0.29) is 11.6 Å². The van der Waals surface area contributed by atoms with E-state index in [1.54, 1.807) is 41.1 Å². The molecule has 0 spiro atoms. The molecule has 1 aromatic rings. The highest BCUT2D eigenvalue weighted by Gasteiger charge is 2.30. The Morgan fingerprint density at radius 3 is 2.26 bits per heavy atom. The van der Waals surface area contributed by atoms with E-state index in [1.165, 1.54) is 0 Å². The lowest BCUT2D eigenvalue weighted by atomic mass is 10.1. The molecule has 5 heteroatoms. The Bertz CT molecular complexity index is 480. The van der Waals surface area contributed by atoms with Crippen molar-refractivity contribution >= 4 is 12.0 Å². The number of benzene rings is 1. The number of aromatic carboxylic acids is 1. The quantitative estimate of drug-likeness (QED) is 0.903. The maximum atomic E-state index is 12.1. The minimum atomic E-state index is -0.940. The summed E-state index contributed by atoms with van der Waals surface area (Å²) in [5, 5.41) is 8.82. The molecule has 0 aliphatic heterocycles. The maximum absolute atomic E-state index is 12.1. The van der Waals surface area contributed by atoms with Gasteiger partial charge in [0, 0.05) is 26.7 Å². The minimum Gasteiger partial charge on any atom is -0.478 e. The van der Waals surface area contributed by atoms with E-state index in [9.17, 15) is 9.59 Å². The molecule has 1 saturated carbocycles. The van der Waals surface area contributed by atoms with Crippen LogP contribution in [0.5, 0.6) is 0 Å². The van der Waals surface area contributed by atoms with Crippen LogP contribution in [0.2, 0.25) is 0 Å². The van der Waals surface area contributed by atoms with E-state index in [4.69, 9.17) is 5.11 Å². The molecule has 0 aromatic heterocycles. The van der Waals surface area contributed by atoms with E-state index in [0.29, 0.717) is 12.6 Å². The lowest BCUT2D eigenvalue weighted by molar-refractivity contribution is 0.0697. The van der Waals surface area contributed by atoms with Crippen LogP contribution in [-0.2, 0) is 6.54 Å². The highest BCUT2D eigenvalue weighted by Crippen LogP contribution is 2.26. The summed E-state index contributed by atoms with van der Waals surface area (Å²) in [4.78, 5) is 26.2. The number of carbonyl (C=O) groups excluding carboxylic acids is 1. The summed E-state index contributed by atoms with van der Waals surface area (Å²) < 4.78 is 0. The van der Waals surface area contributed by atoms with Gasteiger partial charge in [0.05, 0.1) is 5.56 Å². The zero-order valence-electron chi connectivity index (χ0n) is 11.2. The van der Waals surface area contributed by atoms with Crippen molar-refractivity contribution in [1.29, 1.82) is 0 Å². The zero-order valence-corrected chi connectivity index (χ0v) is 11.2. The number of hydrogen-bond donors (Lipinski definition) is 1. The largest absolute Gasteiger partial charge is 0.478 e. The van der Waals surface area contributed by atoms with Crippen LogP contribution in [-0.4, -0.2) is 47.0 Å². The monoisotopic (exact) mass is 262 g/mol. The van der Waals surface area contributed by atoms with Gasteiger partial charge in [-0.25, -0.2) is 9.59 Å². The molecular formula is C14H18N2O3. The standard InChI is InChI=1S/C14H18N2O3/c1-15(14(19)16(2)12-7-8-12)9-10-3-5-11(6-4-10)13(17)18/h3-6,12H,7-9H2,1-2H3,(H,17,18). The van der Waals surface area contributed by atoms with Crippen LogP contribution < -0.4 is 0 Å². The van der Waals surface area contributed by atoms with Gasteiger partial charge in [0.1, 0.15) is 0 Å². The van der Waals surface area contributed by atoms with Crippen LogP contribution in [0, 0.1) is 0 Å². The molecule has 1 aliphatic rings. The van der Waals surface area contributed by atoms with Crippen molar-refractivity contribution < 1.29 is 14.7 Å². The summed E-state index contributed by atoms with van der Waals surface area (Å²) in [5.41, 5.74) is 1.18. The molecule has 1 aliphatic carbocycles. The predicted molar refractivity (Wildman–Crippen MR) is 71.0 cm³/mol. The molecule has 102 valence electrons. The second kappa shape index (κ2) is 5.30. The van der Waals surface area contributed by atoms with Crippen LogP contribution in [0.3, 0.4) is 0 Å². The Balaban J connectivity index is 1.95. The molecule has 19 heavy (non-hydrogen) atoms. The molecule has 0 heterocycles. The van der Waals surface area contributed by atoms with E-state index >= 15 is 0 Å². The number of urea groups is 1. The fraction of sp³-hybridized carbons (Fsp3) is 0.429. The van der Waals surface area contributed by atoms with Crippen LogP contribution in [0.15, 0.2) is 24.3 Å². The van der Waals surface area contributed by atoms with Gasteiger partial charge < -0.3 is 14.9 Å². The number of amides is 2. The second-order valence-electron chi connectivity index (χ2n) is 4.98. The number of nitrogens with zero attached hydrogens (tertiary/aromatic N) is 2. The average molecular weight is 262 g/mol. The molecule has 2 amide bonds. The molecule has 5 nitrogen and oxygen atoms in total. The van der Waals surface area contributed by atoms with Gasteiger partial charge in [0.25, 0.3) is 0 Å². The molecule has 0 radical (unpaired) electrons. The van der Waals surface area contributed by atoms with Gasteiger partial charge in [-0.1, -0.05) is 12.1 Å². The smallest absolute Gasteiger partial charge is 0.335 e. The fourth-order valence-electron chi connectivity index (χ4n) is 1.98. The van der Waals surface area contributed by atoms with Crippen LogP contribution in [0.25, 0.3) is 0 Å². The third kappa shape index (κ3) is 3.24. The third-order valence-corrected chi connectivity index (χ3v) is 3.34. The third-order valence-electron chi connectivity index (χ3n) is 3.34. The SMILES string of the molecule is CN(Cc1ccc(C(=O)O)cc1)C(=O)N(C)C1CC1. The van der Waals surface area contributed by atoms with Crippen LogP contribution in [0.4, 0.5) is 4.79 Å². The van der Waals surface area contributed by atoms with Crippen molar-refractivity contribution in [2.24, 2.45) is 0 Å².